The van der Waals surface area contributed by atoms with Crippen LogP contribution in [0.5, 0.6) is 0 Å². The predicted molar refractivity (Wildman–Crippen MR) is 167 cm³/mol. The van der Waals surface area contributed by atoms with Crippen LogP contribution in [-0.2, 0) is 38.4 Å². The van der Waals surface area contributed by atoms with E-state index in [1.54, 1.807) is 37.4 Å². The van der Waals surface area contributed by atoms with Crippen molar-refractivity contribution < 1.29 is 19.2 Å². The zero-order valence-corrected chi connectivity index (χ0v) is 25.4. The topological polar surface area (TPSA) is 93.8 Å². The molecule has 1 fully saturated rings. The molecule has 0 aliphatic carbocycles. The van der Waals surface area contributed by atoms with Gasteiger partial charge in [0.2, 0.25) is 17.7 Å². The van der Waals surface area contributed by atoms with E-state index in [1.807, 2.05) is 72.4 Å². The number of rotatable bonds is 14. The average Bonchev–Trinajstić information content (AvgIpc) is 3.79. The van der Waals surface area contributed by atoms with Crippen LogP contribution in [0.3, 0.4) is 0 Å². The Morgan fingerprint density at radius 1 is 1.02 bits per heavy atom. The highest BCUT2D eigenvalue weighted by molar-refractivity contribution is 7.10. The fourth-order valence-electron chi connectivity index (χ4n) is 5.63. The summed E-state index contributed by atoms with van der Waals surface area (Å²) in [5.74, 6) is -0.648. The van der Waals surface area contributed by atoms with E-state index in [2.05, 4.69) is 4.98 Å². The molecule has 1 aromatic carbocycles. The third-order valence-corrected chi connectivity index (χ3v) is 9.84. The molecule has 1 aliphatic rings. The van der Waals surface area contributed by atoms with Gasteiger partial charge in [0.25, 0.3) is 0 Å². The molecule has 42 heavy (non-hydrogen) atoms. The van der Waals surface area contributed by atoms with Gasteiger partial charge >= 0.3 is 0 Å². The molecule has 4 heterocycles. The monoisotopic (exact) mass is 604 g/mol. The van der Waals surface area contributed by atoms with E-state index in [9.17, 15) is 19.2 Å². The third kappa shape index (κ3) is 6.82. The Morgan fingerprint density at radius 3 is 2.40 bits per heavy atom. The lowest BCUT2D eigenvalue weighted by molar-refractivity contribution is -0.158. The number of hydrogen-bond acceptors (Lipinski definition) is 6. The smallest absolute Gasteiger partial charge is 0.246 e. The summed E-state index contributed by atoms with van der Waals surface area (Å²) in [5.41, 5.74) is 2.08. The van der Waals surface area contributed by atoms with Crippen LogP contribution in [0.1, 0.15) is 35.1 Å². The first-order chi connectivity index (χ1) is 20.5. The van der Waals surface area contributed by atoms with Gasteiger partial charge in [0, 0.05) is 46.5 Å². The molecule has 1 aliphatic heterocycles. The minimum atomic E-state index is -0.901. The number of aldehydes is 1. The van der Waals surface area contributed by atoms with E-state index in [1.165, 1.54) is 0 Å². The SMILES string of the molecule is CCC(C=O)N(CCc1c[nH]c2ccccc12)C(=O)CC1C(=O)N(CCc2cccs2)CC(=O)N1CCc1cccs1. The second kappa shape index (κ2) is 13.9. The van der Waals surface area contributed by atoms with Crippen LogP contribution < -0.4 is 0 Å². The normalized spacial score (nSPS) is 16.3. The van der Waals surface area contributed by atoms with Gasteiger partial charge in [-0.15, -0.1) is 22.7 Å². The first-order valence-corrected chi connectivity index (χ1v) is 16.2. The highest BCUT2D eigenvalue weighted by Crippen LogP contribution is 2.23. The molecule has 1 saturated heterocycles. The van der Waals surface area contributed by atoms with Gasteiger partial charge in [-0.1, -0.05) is 37.3 Å². The number of fused-ring (bicyclic) bond motifs is 1. The van der Waals surface area contributed by atoms with Crippen molar-refractivity contribution in [1.82, 2.24) is 19.7 Å². The maximum Gasteiger partial charge on any atom is 0.246 e. The van der Waals surface area contributed by atoms with Crippen LogP contribution in [0.15, 0.2) is 65.5 Å². The van der Waals surface area contributed by atoms with Gasteiger partial charge in [0.1, 0.15) is 12.3 Å². The summed E-state index contributed by atoms with van der Waals surface area (Å²) in [5, 5.41) is 5.06. The Labute approximate surface area is 253 Å². The molecule has 3 aromatic heterocycles. The van der Waals surface area contributed by atoms with Gasteiger partial charge in [0.15, 0.2) is 0 Å². The van der Waals surface area contributed by atoms with Crippen molar-refractivity contribution in [2.24, 2.45) is 0 Å². The van der Waals surface area contributed by atoms with E-state index in [-0.39, 0.29) is 30.7 Å². The number of aromatic amines is 1. The second-order valence-corrected chi connectivity index (χ2v) is 12.6. The van der Waals surface area contributed by atoms with Crippen LogP contribution in [0.4, 0.5) is 0 Å². The Hall–Kier alpha value is -3.76. The molecule has 8 nitrogen and oxygen atoms in total. The number of H-pyrrole nitrogens is 1. The molecular weight excluding hydrogens is 569 g/mol. The van der Waals surface area contributed by atoms with Crippen molar-refractivity contribution >= 4 is 57.6 Å². The van der Waals surface area contributed by atoms with E-state index in [0.29, 0.717) is 45.3 Å². The molecule has 1 N–H and O–H groups in total. The lowest BCUT2D eigenvalue weighted by Crippen LogP contribution is -2.61. The van der Waals surface area contributed by atoms with Crippen molar-refractivity contribution in [3.63, 3.8) is 0 Å². The minimum Gasteiger partial charge on any atom is -0.361 e. The van der Waals surface area contributed by atoms with Crippen LogP contribution in [0.25, 0.3) is 10.9 Å². The Balaban J connectivity index is 1.35. The van der Waals surface area contributed by atoms with Gasteiger partial charge in [-0.3, -0.25) is 14.4 Å². The molecule has 0 spiro atoms. The molecule has 3 amide bonds. The Kier molecular flexibility index (Phi) is 9.86. The number of aromatic nitrogens is 1. The number of amides is 3. The van der Waals surface area contributed by atoms with E-state index >= 15 is 0 Å². The molecule has 0 saturated carbocycles. The van der Waals surface area contributed by atoms with Crippen molar-refractivity contribution in [1.29, 1.82) is 0 Å². The second-order valence-electron chi connectivity index (χ2n) is 10.5. The van der Waals surface area contributed by atoms with Gasteiger partial charge in [0.05, 0.1) is 19.0 Å². The summed E-state index contributed by atoms with van der Waals surface area (Å²) in [7, 11) is 0. The molecule has 2 atom stereocenters. The molecule has 0 radical (unpaired) electrons. The lowest BCUT2D eigenvalue weighted by atomic mass is 10.0. The first kappa shape index (κ1) is 29.7. The number of thiophene rings is 2. The fourth-order valence-corrected chi connectivity index (χ4v) is 7.03. The average molecular weight is 605 g/mol. The summed E-state index contributed by atoms with van der Waals surface area (Å²) in [6, 6.07) is 14.4. The molecule has 4 aromatic rings. The highest BCUT2D eigenvalue weighted by Gasteiger charge is 2.41. The van der Waals surface area contributed by atoms with Gasteiger partial charge in [-0.25, -0.2) is 0 Å². The Bertz CT molecular complexity index is 1500. The van der Waals surface area contributed by atoms with Gasteiger partial charge in [-0.2, -0.15) is 0 Å². The summed E-state index contributed by atoms with van der Waals surface area (Å²) in [4.78, 5) is 63.6. The summed E-state index contributed by atoms with van der Waals surface area (Å²) < 4.78 is 0. The summed E-state index contributed by atoms with van der Waals surface area (Å²) >= 11 is 3.23. The highest BCUT2D eigenvalue weighted by atomic mass is 32.1. The number of para-hydroxylation sites is 1. The lowest BCUT2D eigenvalue weighted by Gasteiger charge is -2.41. The zero-order chi connectivity index (χ0) is 29.5. The molecule has 0 bridgehead atoms. The first-order valence-electron chi connectivity index (χ1n) is 14.4. The summed E-state index contributed by atoms with van der Waals surface area (Å²) in [6.45, 7) is 3.01. The minimum absolute atomic E-state index is 0.00946. The number of piperazine rings is 1. The van der Waals surface area contributed by atoms with Crippen LogP contribution >= 0.6 is 22.7 Å². The van der Waals surface area contributed by atoms with E-state index in [4.69, 9.17) is 0 Å². The molecule has 5 rings (SSSR count). The molecular formula is C32H36N4O4S2. The summed E-state index contributed by atoms with van der Waals surface area (Å²) in [6.07, 6.45) is 4.91. The number of carbonyl (C=O) groups is 4. The van der Waals surface area contributed by atoms with Crippen LogP contribution in [0, 0.1) is 0 Å². The van der Waals surface area contributed by atoms with Crippen molar-refractivity contribution in [2.45, 2.75) is 51.1 Å². The molecule has 10 heteroatoms. The van der Waals surface area contributed by atoms with Gasteiger partial charge in [-0.05, 0) is 60.2 Å². The fraction of sp³-hybridized carbons (Fsp3) is 0.375. The number of carbonyl (C=O) groups excluding carboxylic acids is 4. The Morgan fingerprint density at radius 2 is 1.74 bits per heavy atom. The van der Waals surface area contributed by atoms with Gasteiger partial charge < -0.3 is 24.5 Å². The van der Waals surface area contributed by atoms with E-state index < -0.39 is 12.1 Å². The number of benzene rings is 1. The molecule has 2 unspecified atom stereocenters. The number of nitrogens with one attached hydrogen (secondary N) is 1. The van der Waals surface area contributed by atoms with Crippen LogP contribution in [-0.4, -0.2) is 82.0 Å². The molecule has 220 valence electrons. The quantitative estimate of drug-likeness (QED) is 0.214. The van der Waals surface area contributed by atoms with Crippen molar-refractivity contribution in [2.75, 3.05) is 26.2 Å². The van der Waals surface area contributed by atoms with Crippen molar-refractivity contribution in [3.8, 4) is 0 Å². The largest absolute Gasteiger partial charge is 0.361 e. The number of hydrogen-bond donors (Lipinski definition) is 1. The van der Waals surface area contributed by atoms with E-state index in [0.717, 1.165) is 32.5 Å². The van der Waals surface area contributed by atoms with Crippen LogP contribution in [0.2, 0.25) is 0 Å². The third-order valence-electron chi connectivity index (χ3n) is 7.97. The number of nitrogens with zero attached hydrogens (tertiary/aromatic N) is 3. The van der Waals surface area contributed by atoms with Crippen molar-refractivity contribution in [3.05, 3.63) is 80.8 Å². The maximum atomic E-state index is 13.9. The maximum absolute atomic E-state index is 13.9. The standard InChI is InChI=1S/C32H36N4O4S2/c1-2-24(22-37)35(15-11-23-20-33-28-10-4-3-9-27(23)28)30(38)19-29-32(40)34(14-12-25-7-5-17-41-25)21-31(39)36(29)16-13-26-8-6-18-42-26/h3-10,17-18,20,22,24,29,33H,2,11-16,19,21H2,1H3. The zero-order valence-electron chi connectivity index (χ0n) is 23.7. The predicted octanol–water partition coefficient (Wildman–Crippen LogP) is 4.55.